The van der Waals surface area contributed by atoms with Gasteiger partial charge in [-0.15, -0.1) is 0 Å². The SMILES string of the molecule is O=S(=O)(CCCBr)c1cccc(F)c1. The van der Waals surface area contributed by atoms with Crippen LogP contribution in [-0.2, 0) is 9.84 Å². The zero-order valence-electron chi connectivity index (χ0n) is 7.41. The Labute approximate surface area is 91.2 Å². The molecule has 0 amide bonds. The van der Waals surface area contributed by atoms with Gasteiger partial charge < -0.3 is 0 Å². The fourth-order valence-corrected chi connectivity index (χ4v) is 3.01. The standard InChI is InChI=1S/C9H10BrFO2S/c10-5-2-6-14(12,13)9-4-1-3-8(11)7-9/h1,3-4,7H,2,5-6H2. The van der Waals surface area contributed by atoms with Crippen LogP contribution < -0.4 is 0 Å². The average molecular weight is 281 g/mol. The zero-order valence-corrected chi connectivity index (χ0v) is 9.81. The highest BCUT2D eigenvalue weighted by atomic mass is 79.9. The fraction of sp³-hybridized carbons (Fsp3) is 0.333. The van der Waals surface area contributed by atoms with Crippen LogP contribution in [0.25, 0.3) is 0 Å². The number of benzene rings is 1. The van der Waals surface area contributed by atoms with E-state index in [4.69, 9.17) is 0 Å². The first-order valence-corrected chi connectivity index (χ1v) is 6.88. The molecule has 0 fully saturated rings. The van der Waals surface area contributed by atoms with Crippen molar-refractivity contribution in [3.05, 3.63) is 30.1 Å². The van der Waals surface area contributed by atoms with Gasteiger partial charge in [0.05, 0.1) is 10.6 Å². The normalized spacial score (nSPS) is 11.6. The number of alkyl halides is 1. The van der Waals surface area contributed by atoms with Crippen molar-refractivity contribution in [2.45, 2.75) is 11.3 Å². The number of hydrogen-bond acceptors (Lipinski definition) is 2. The van der Waals surface area contributed by atoms with Crippen LogP contribution in [0.2, 0.25) is 0 Å². The second-order valence-electron chi connectivity index (χ2n) is 2.82. The lowest BCUT2D eigenvalue weighted by Crippen LogP contribution is -2.07. The van der Waals surface area contributed by atoms with E-state index in [2.05, 4.69) is 15.9 Å². The quantitative estimate of drug-likeness (QED) is 0.794. The van der Waals surface area contributed by atoms with E-state index in [1.165, 1.54) is 18.2 Å². The lowest BCUT2D eigenvalue weighted by molar-refractivity contribution is 0.590. The number of rotatable bonds is 4. The molecule has 0 saturated heterocycles. The van der Waals surface area contributed by atoms with E-state index < -0.39 is 15.7 Å². The van der Waals surface area contributed by atoms with Crippen molar-refractivity contribution in [3.63, 3.8) is 0 Å². The molecule has 1 aromatic carbocycles. The van der Waals surface area contributed by atoms with Crippen LogP contribution in [0.3, 0.4) is 0 Å². The first-order valence-electron chi connectivity index (χ1n) is 4.10. The Kier molecular flexibility index (Phi) is 4.07. The van der Waals surface area contributed by atoms with E-state index in [-0.39, 0.29) is 10.6 Å². The summed E-state index contributed by atoms with van der Waals surface area (Å²) in [5.41, 5.74) is 0. The number of hydrogen-bond donors (Lipinski definition) is 0. The summed E-state index contributed by atoms with van der Waals surface area (Å²) in [6, 6.07) is 5.08. The largest absolute Gasteiger partial charge is 0.224 e. The summed E-state index contributed by atoms with van der Waals surface area (Å²) in [4.78, 5) is 0.0541. The molecular weight excluding hydrogens is 271 g/mol. The molecule has 2 nitrogen and oxygen atoms in total. The van der Waals surface area contributed by atoms with Crippen LogP contribution in [0.4, 0.5) is 4.39 Å². The molecule has 0 spiro atoms. The van der Waals surface area contributed by atoms with E-state index in [1.54, 1.807) is 0 Å². The van der Waals surface area contributed by atoms with Gasteiger partial charge in [0.25, 0.3) is 0 Å². The van der Waals surface area contributed by atoms with Crippen molar-refractivity contribution in [2.75, 3.05) is 11.1 Å². The molecule has 0 heterocycles. The van der Waals surface area contributed by atoms with Gasteiger partial charge in [0, 0.05) is 5.33 Å². The third-order valence-electron chi connectivity index (χ3n) is 1.70. The summed E-state index contributed by atoms with van der Waals surface area (Å²) < 4.78 is 35.9. The maximum Gasteiger partial charge on any atom is 0.178 e. The molecule has 5 heteroatoms. The molecular formula is C9H10BrFO2S. The van der Waals surface area contributed by atoms with Gasteiger partial charge >= 0.3 is 0 Å². The second-order valence-corrected chi connectivity index (χ2v) is 5.72. The minimum absolute atomic E-state index is 0.0434. The van der Waals surface area contributed by atoms with Crippen LogP contribution in [0, 0.1) is 5.82 Å². The van der Waals surface area contributed by atoms with Gasteiger partial charge in [-0.25, -0.2) is 12.8 Å². The Hall–Kier alpha value is -0.420. The molecule has 0 aliphatic carbocycles. The summed E-state index contributed by atoms with van der Waals surface area (Å²) in [5.74, 6) is -0.480. The van der Waals surface area contributed by atoms with Crippen molar-refractivity contribution in [2.24, 2.45) is 0 Å². The van der Waals surface area contributed by atoms with Crippen LogP contribution in [0.5, 0.6) is 0 Å². The Bertz CT molecular complexity index is 403. The Morgan fingerprint density at radius 1 is 1.36 bits per heavy atom. The molecule has 1 rings (SSSR count). The molecule has 0 bridgehead atoms. The molecule has 0 aliphatic heterocycles. The zero-order chi connectivity index (χ0) is 10.6. The second kappa shape index (κ2) is 4.89. The van der Waals surface area contributed by atoms with Gasteiger partial charge in [-0.05, 0) is 24.6 Å². The first kappa shape index (κ1) is 11.7. The molecule has 14 heavy (non-hydrogen) atoms. The van der Waals surface area contributed by atoms with Crippen molar-refractivity contribution in [1.82, 2.24) is 0 Å². The molecule has 1 aromatic rings. The van der Waals surface area contributed by atoms with Crippen LogP contribution >= 0.6 is 15.9 Å². The average Bonchev–Trinajstić information content (AvgIpc) is 2.15. The van der Waals surface area contributed by atoms with Crippen molar-refractivity contribution in [3.8, 4) is 0 Å². The minimum atomic E-state index is -3.31. The minimum Gasteiger partial charge on any atom is -0.224 e. The van der Waals surface area contributed by atoms with E-state index in [1.807, 2.05) is 0 Å². The molecule has 0 saturated carbocycles. The van der Waals surface area contributed by atoms with E-state index in [9.17, 15) is 12.8 Å². The topological polar surface area (TPSA) is 34.1 Å². The molecule has 0 aromatic heterocycles. The van der Waals surface area contributed by atoms with Crippen LogP contribution in [-0.4, -0.2) is 19.5 Å². The molecule has 0 atom stereocenters. The highest BCUT2D eigenvalue weighted by Crippen LogP contribution is 2.13. The summed E-state index contributed by atoms with van der Waals surface area (Å²) in [6.45, 7) is 0. The maximum absolute atomic E-state index is 12.7. The molecule has 78 valence electrons. The van der Waals surface area contributed by atoms with Crippen molar-refractivity contribution >= 4 is 25.8 Å². The highest BCUT2D eigenvalue weighted by molar-refractivity contribution is 9.09. The van der Waals surface area contributed by atoms with E-state index >= 15 is 0 Å². The van der Waals surface area contributed by atoms with Gasteiger partial charge in [0.2, 0.25) is 0 Å². The Morgan fingerprint density at radius 3 is 2.64 bits per heavy atom. The predicted molar refractivity (Wildman–Crippen MR) is 56.9 cm³/mol. The van der Waals surface area contributed by atoms with Gasteiger partial charge in [0.15, 0.2) is 9.84 Å². The van der Waals surface area contributed by atoms with Crippen molar-refractivity contribution in [1.29, 1.82) is 0 Å². The first-order chi connectivity index (χ1) is 6.56. The summed E-state index contributed by atoms with van der Waals surface area (Å²) in [5, 5.41) is 0.627. The smallest absolute Gasteiger partial charge is 0.178 e. The predicted octanol–water partition coefficient (Wildman–Crippen LogP) is 2.38. The Morgan fingerprint density at radius 2 is 2.07 bits per heavy atom. The lowest BCUT2D eigenvalue weighted by atomic mass is 10.4. The molecule has 0 N–H and O–H groups in total. The Balaban J connectivity index is 2.93. The van der Waals surface area contributed by atoms with E-state index in [0.717, 1.165) is 6.07 Å². The van der Waals surface area contributed by atoms with E-state index in [0.29, 0.717) is 11.8 Å². The lowest BCUT2D eigenvalue weighted by Gasteiger charge is -2.02. The molecule has 0 unspecified atom stereocenters. The number of halogens is 2. The van der Waals surface area contributed by atoms with Crippen LogP contribution in [0.15, 0.2) is 29.2 Å². The number of sulfone groups is 1. The van der Waals surface area contributed by atoms with Gasteiger partial charge in [-0.2, -0.15) is 0 Å². The van der Waals surface area contributed by atoms with Gasteiger partial charge in [0.1, 0.15) is 5.82 Å². The van der Waals surface area contributed by atoms with Gasteiger partial charge in [-0.3, -0.25) is 0 Å². The van der Waals surface area contributed by atoms with Gasteiger partial charge in [-0.1, -0.05) is 22.0 Å². The maximum atomic E-state index is 12.7. The monoisotopic (exact) mass is 280 g/mol. The highest BCUT2D eigenvalue weighted by Gasteiger charge is 2.13. The summed E-state index contributed by atoms with van der Waals surface area (Å²) >= 11 is 3.15. The fourth-order valence-electron chi connectivity index (χ4n) is 1.02. The van der Waals surface area contributed by atoms with Crippen molar-refractivity contribution < 1.29 is 12.8 Å². The summed E-state index contributed by atoms with van der Waals surface area (Å²) in [6.07, 6.45) is 0.527. The molecule has 0 aliphatic rings. The third kappa shape index (κ3) is 3.06. The third-order valence-corrected chi connectivity index (χ3v) is 4.06. The van der Waals surface area contributed by atoms with Crippen LogP contribution in [0.1, 0.15) is 6.42 Å². The molecule has 0 radical (unpaired) electrons. The summed E-state index contributed by atoms with van der Waals surface area (Å²) in [7, 11) is -3.31.